The van der Waals surface area contributed by atoms with E-state index in [-0.39, 0.29) is 25.7 Å². The molecule has 11 N–H and O–H groups in total. The SMILES string of the molecule is CSCCC(N)C(=O)NC(CCCCN)C(=O)NC(CCC(N)=O)C(=O)NC(Cc1c[nH]c2ccccc12)C(=O)O. The maximum atomic E-state index is 13.3. The molecule has 226 valence electrons. The average molecular weight is 592 g/mol. The van der Waals surface area contributed by atoms with Crippen LogP contribution in [0.4, 0.5) is 0 Å². The van der Waals surface area contributed by atoms with Gasteiger partial charge in [0.1, 0.15) is 18.1 Å². The first-order chi connectivity index (χ1) is 19.6. The molecule has 0 saturated heterocycles. The number of hydrogen-bond donors (Lipinski definition) is 8. The van der Waals surface area contributed by atoms with E-state index >= 15 is 0 Å². The minimum atomic E-state index is -1.32. The third-order valence-electron chi connectivity index (χ3n) is 6.58. The topological polar surface area (TPSA) is 236 Å². The van der Waals surface area contributed by atoms with Crippen LogP contribution in [0.2, 0.25) is 0 Å². The minimum Gasteiger partial charge on any atom is -0.480 e. The Balaban J connectivity index is 2.18. The van der Waals surface area contributed by atoms with Crippen LogP contribution in [0.5, 0.6) is 0 Å². The van der Waals surface area contributed by atoms with Crippen molar-refractivity contribution >= 4 is 52.3 Å². The number of fused-ring (bicyclic) bond motifs is 1. The van der Waals surface area contributed by atoms with Gasteiger partial charge in [-0.25, -0.2) is 4.79 Å². The number of benzene rings is 1. The summed E-state index contributed by atoms with van der Waals surface area (Å²) in [4.78, 5) is 65.8. The van der Waals surface area contributed by atoms with E-state index in [9.17, 15) is 29.1 Å². The molecule has 0 saturated carbocycles. The van der Waals surface area contributed by atoms with Crippen molar-refractivity contribution in [3.63, 3.8) is 0 Å². The molecule has 4 atom stereocenters. The highest BCUT2D eigenvalue weighted by molar-refractivity contribution is 7.98. The molecule has 1 aromatic carbocycles. The van der Waals surface area contributed by atoms with Crippen LogP contribution < -0.4 is 33.2 Å². The van der Waals surface area contributed by atoms with Gasteiger partial charge in [0.2, 0.25) is 23.6 Å². The van der Waals surface area contributed by atoms with Crippen LogP contribution in [-0.2, 0) is 30.4 Å². The Morgan fingerprint density at radius 1 is 0.927 bits per heavy atom. The molecule has 0 bridgehead atoms. The summed E-state index contributed by atoms with van der Waals surface area (Å²) >= 11 is 1.54. The molecular weight excluding hydrogens is 550 g/mol. The lowest BCUT2D eigenvalue weighted by Gasteiger charge is -2.25. The number of H-pyrrole nitrogens is 1. The van der Waals surface area contributed by atoms with Gasteiger partial charge in [0.25, 0.3) is 0 Å². The quantitative estimate of drug-likeness (QED) is 0.100. The Morgan fingerprint density at radius 2 is 1.56 bits per heavy atom. The fourth-order valence-corrected chi connectivity index (χ4v) is 4.73. The van der Waals surface area contributed by atoms with E-state index in [1.54, 1.807) is 6.20 Å². The highest BCUT2D eigenvalue weighted by Crippen LogP contribution is 2.19. The van der Waals surface area contributed by atoms with E-state index in [0.29, 0.717) is 37.1 Å². The lowest BCUT2D eigenvalue weighted by atomic mass is 10.0. The molecule has 1 aromatic heterocycles. The molecule has 0 radical (unpaired) electrons. The zero-order valence-corrected chi connectivity index (χ0v) is 24.0. The fourth-order valence-electron chi connectivity index (χ4n) is 4.24. The summed E-state index contributed by atoms with van der Waals surface area (Å²) in [6, 6.07) is 2.92. The maximum absolute atomic E-state index is 13.3. The number of primary amides is 1. The van der Waals surface area contributed by atoms with Gasteiger partial charge in [-0.1, -0.05) is 18.2 Å². The zero-order valence-electron chi connectivity index (χ0n) is 23.2. The first-order valence-corrected chi connectivity index (χ1v) is 14.9. The van der Waals surface area contributed by atoms with Crippen LogP contribution in [0, 0.1) is 0 Å². The van der Waals surface area contributed by atoms with Gasteiger partial charge in [0.15, 0.2) is 0 Å². The number of carboxylic acid groups (broad SMARTS) is 1. The van der Waals surface area contributed by atoms with E-state index in [0.717, 1.165) is 10.9 Å². The minimum absolute atomic E-state index is 0.0206. The van der Waals surface area contributed by atoms with Crippen LogP contribution >= 0.6 is 11.8 Å². The number of aromatic nitrogens is 1. The summed E-state index contributed by atoms with van der Waals surface area (Å²) in [7, 11) is 0. The van der Waals surface area contributed by atoms with Crippen molar-refractivity contribution < 1.29 is 29.1 Å². The van der Waals surface area contributed by atoms with Gasteiger partial charge < -0.3 is 43.2 Å². The van der Waals surface area contributed by atoms with Gasteiger partial charge in [-0.05, 0) is 62.3 Å². The number of thioether (sulfide) groups is 1. The van der Waals surface area contributed by atoms with E-state index in [4.69, 9.17) is 17.2 Å². The Hall–Kier alpha value is -3.62. The van der Waals surface area contributed by atoms with Crippen molar-refractivity contribution in [3.8, 4) is 0 Å². The first kappa shape index (κ1) is 33.6. The number of unbranched alkanes of at least 4 members (excludes halogenated alkanes) is 1. The molecule has 2 aromatic rings. The number of rotatable bonds is 19. The second-order valence-electron chi connectivity index (χ2n) is 9.76. The number of carbonyl (C=O) groups is 5. The Kier molecular flexibility index (Phi) is 14.1. The Morgan fingerprint density at radius 3 is 2.20 bits per heavy atom. The Labute approximate surface area is 243 Å². The van der Waals surface area contributed by atoms with Crippen LogP contribution in [0.15, 0.2) is 30.5 Å². The lowest BCUT2D eigenvalue weighted by molar-refractivity contribution is -0.142. The molecular formula is C27H41N7O6S. The van der Waals surface area contributed by atoms with Crippen LogP contribution in [-0.4, -0.2) is 82.4 Å². The molecule has 4 amide bonds. The van der Waals surface area contributed by atoms with Gasteiger partial charge in [0, 0.05) is 29.9 Å². The molecule has 0 aliphatic heterocycles. The first-order valence-electron chi connectivity index (χ1n) is 13.5. The van der Waals surface area contributed by atoms with Crippen molar-refractivity contribution in [3.05, 3.63) is 36.0 Å². The second kappa shape index (κ2) is 17.3. The average Bonchev–Trinajstić information content (AvgIpc) is 3.35. The number of aliphatic carboxylic acids is 1. The van der Waals surface area contributed by atoms with Gasteiger partial charge in [-0.2, -0.15) is 11.8 Å². The summed E-state index contributed by atoms with van der Waals surface area (Å²) in [5, 5.41) is 18.4. The van der Waals surface area contributed by atoms with E-state index in [1.807, 2.05) is 30.5 Å². The summed E-state index contributed by atoms with van der Waals surface area (Å²) in [5.74, 6) is -3.27. The van der Waals surface area contributed by atoms with Crippen LogP contribution in [0.25, 0.3) is 10.9 Å². The van der Waals surface area contributed by atoms with Crippen molar-refractivity contribution in [2.24, 2.45) is 17.2 Å². The molecule has 14 heteroatoms. The lowest BCUT2D eigenvalue weighted by Crippen LogP contribution is -2.57. The Bertz CT molecular complexity index is 1190. The van der Waals surface area contributed by atoms with E-state index in [2.05, 4.69) is 20.9 Å². The molecule has 0 spiro atoms. The molecule has 0 aliphatic rings. The van der Waals surface area contributed by atoms with Crippen LogP contribution in [0.3, 0.4) is 0 Å². The number of hydrogen-bond acceptors (Lipinski definition) is 8. The van der Waals surface area contributed by atoms with Gasteiger partial charge in [-0.3, -0.25) is 19.2 Å². The molecule has 1 heterocycles. The third-order valence-corrected chi connectivity index (χ3v) is 7.22. The smallest absolute Gasteiger partial charge is 0.326 e. The monoisotopic (exact) mass is 591 g/mol. The van der Waals surface area contributed by atoms with Gasteiger partial charge >= 0.3 is 5.97 Å². The molecule has 41 heavy (non-hydrogen) atoms. The molecule has 13 nitrogen and oxygen atoms in total. The fraction of sp³-hybridized carbons (Fsp3) is 0.519. The van der Waals surface area contributed by atoms with Crippen molar-refractivity contribution in [2.75, 3.05) is 18.6 Å². The third kappa shape index (κ3) is 11.1. The van der Waals surface area contributed by atoms with E-state index in [1.165, 1.54) is 11.8 Å². The number of carbonyl (C=O) groups excluding carboxylic acids is 4. The standard InChI is InChI=1S/C27H41N7O6S/c1-41-13-11-18(29)24(36)32-20(8-4-5-12-28)25(37)33-21(9-10-23(30)35)26(38)34-22(27(39)40)14-16-15-31-19-7-3-2-6-17(16)19/h2-3,6-7,15,18,20-22,31H,4-5,8-14,28-29H2,1H3,(H2,30,35)(H,32,36)(H,33,37)(H,34,38)(H,39,40). The van der Waals surface area contributed by atoms with Crippen LogP contribution in [0.1, 0.15) is 44.1 Å². The number of amides is 4. The normalized spacial score (nSPS) is 14.0. The predicted octanol–water partition coefficient (Wildman–Crippen LogP) is -0.276. The number of aromatic amines is 1. The summed E-state index contributed by atoms with van der Waals surface area (Å²) < 4.78 is 0. The summed E-state index contributed by atoms with van der Waals surface area (Å²) in [5.41, 5.74) is 18.3. The molecule has 4 unspecified atom stereocenters. The summed E-state index contributed by atoms with van der Waals surface area (Å²) in [6.07, 6.45) is 4.95. The molecule has 0 aliphatic carbocycles. The van der Waals surface area contributed by atoms with E-state index < -0.39 is 53.8 Å². The number of nitrogens with one attached hydrogen (secondary N) is 4. The molecule has 2 rings (SSSR count). The van der Waals surface area contributed by atoms with Crippen molar-refractivity contribution in [2.45, 2.75) is 69.1 Å². The zero-order chi connectivity index (χ0) is 30.4. The summed E-state index contributed by atoms with van der Waals surface area (Å²) in [6.45, 7) is 0.395. The molecule has 0 fully saturated rings. The van der Waals surface area contributed by atoms with Gasteiger partial charge in [0.05, 0.1) is 6.04 Å². The largest absolute Gasteiger partial charge is 0.480 e. The highest BCUT2D eigenvalue weighted by atomic mass is 32.2. The van der Waals surface area contributed by atoms with Crippen molar-refractivity contribution in [1.82, 2.24) is 20.9 Å². The number of para-hydroxylation sites is 1. The number of nitrogens with two attached hydrogens (primary N) is 3. The second-order valence-corrected chi connectivity index (χ2v) is 10.7. The highest BCUT2D eigenvalue weighted by Gasteiger charge is 2.30. The predicted molar refractivity (Wildman–Crippen MR) is 158 cm³/mol. The maximum Gasteiger partial charge on any atom is 0.326 e. The van der Waals surface area contributed by atoms with Gasteiger partial charge in [-0.15, -0.1) is 0 Å². The number of carboxylic acids is 1. The van der Waals surface area contributed by atoms with Crippen molar-refractivity contribution in [1.29, 1.82) is 0 Å².